The number of ether oxygens (including phenoxy) is 1. The lowest BCUT2D eigenvalue weighted by atomic mass is 10.1. The molecule has 0 radical (unpaired) electrons. The molecule has 0 atom stereocenters. The van der Waals surface area contributed by atoms with Crippen LogP contribution < -0.4 is 15.4 Å². The maximum atomic E-state index is 12.8. The maximum absolute atomic E-state index is 12.8. The topological polar surface area (TPSA) is 68.5 Å². The van der Waals surface area contributed by atoms with Gasteiger partial charge in [0.05, 0.1) is 0 Å². The van der Waals surface area contributed by atoms with E-state index in [0.717, 1.165) is 16.5 Å². The number of pyridine rings is 1. The molecule has 0 saturated heterocycles. The predicted octanol–water partition coefficient (Wildman–Crippen LogP) is 4.89. The van der Waals surface area contributed by atoms with Crippen molar-refractivity contribution in [3.8, 4) is 11.5 Å². The van der Waals surface area contributed by atoms with Gasteiger partial charge in [-0.05, 0) is 30.3 Å². The Bertz CT molecular complexity index is 1140. The van der Waals surface area contributed by atoms with Crippen molar-refractivity contribution in [1.82, 2.24) is 4.98 Å². The van der Waals surface area contributed by atoms with Crippen LogP contribution >= 0.6 is 0 Å². The molecule has 5 nitrogen and oxygen atoms in total. The fraction of sp³-hybridized carbons (Fsp3) is 0.0435. The van der Waals surface area contributed by atoms with Gasteiger partial charge in [-0.1, -0.05) is 42.5 Å². The summed E-state index contributed by atoms with van der Waals surface area (Å²) in [5.74, 6) is 0.999. The van der Waals surface area contributed by atoms with Crippen molar-refractivity contribution in [3.05, 3.63) is 90.8 Å². The van der Waals surface area contributed by atoms with Gasteiger partial charge in [-0.2, -0.15) is 0 Å². The number of benzene rings is 3. The van der Waals surface area contributed by atoms with Crippen LogP contribution in [0.25, 0.3) is 10.8 Å². The molecule has 1 amide bonds. The van der Waals surface area contributed by atoms with E-state index in [9.17, 15) is 4.79 Å². The first kappa shape index (κ1) is 17.5. The first-order chi connectivity index (χ1) is 13.6. The number of nitrogens with zero attached hydrogens (tertiary/aromatic N) is 2. The first-order valence-electron chi connectivity index (χ1n) is 8.88. The summed E-state index contributed by atoms with van der Waals surface area (Å²) in [7, 11) is 1.72. The quantitative estimate of drug-likeness (QED) is 0.520. The van der Waals surface area contributed by atoms with Gasteiger partial charge in [0.1, 0.15) is 17.2 Å². The third kappa shape index (κ3) is 3.38. The Morgan fingerprint density at radius 3 is 2.43 bits per heavy atom. The number of carbonyl (C=O) groups excluding carboxylic acids is 1. The standard InChI is InChI=1S/C23H19N3O2/c1-26(16-7-3-2-4-8-16)23(27)21-15-17(13-14-25-21)28-22-12-11-20(24)18-9-5-6-10-19(18)22/h2-15H,24H2,1H3. The number of hydrogen-bond donors (Lipinski definition) is 1. The van der Waals surface area contributed by atoms with E-state index in [1.165, 1.54) is 0 Å². The molecule has 5 heteroatoms. The predicted molar refractivity (Wildman–Crippen MR) is 112 cm³/mol. The SMILES string of the molecule is CN(C(=O)c1cc(Oc2ccc(N)c3ccccc23)ccn1)c1ccccc1. The summed E-state index contributed by atoms with van der Waals surface area (Å²) in [6.07, 6.45) is 1.57. The van der Waals surface area contributed by atoms with Crippen molar-refractivity contribution in [2.75, 3.05) is 17.7 Å². The van der Waals surface area contributed by atoms with E-state index in [1.54, 1.807) is 30.3 Å². The Kier molecular flexibility index (Phi) is 4.64. The van der Waals surface area contributed by atoms with Gasteiger partial charge in [0.2, 0.25) is 0 Å². The molecule has 4 rings (SSSR count). The van der Waals surface area contributed by atoms with Gasteiger partial charge in [-0.3, -0.25) is 9.78 Å². The molecule has 3 aromatic carbocycles. The van der Waals surface area contributed by atoms with Gasteiger partial charge in [-0.25, -0.2) is 0 Å². The van der Waals surface area contributed by atoms with Crippen LogP contribution in [-0.2, 0) is 0 Å². The summed E-state index contributed by atoms with van der Waals surface area (Å²) in [5, 5.41) is 1.84. The minimum Gasteiger partial charge on any atom is -0.457 e. The lowest BCUT2D eigenvalue weighted by molar-refractivity contribution is 0.0988. The molecule has 138 valence electrons. The van der Waals surface area contributed by atoms with Crippen LogP contribution in [0.4, 0.5) is 11.4 Å². The van der Waals surface area contributed by atoms with Crippen molar-refractivity contribution < 1.29 is 9.53 Å². The second kappa shape index (κ2) is 7.40. The number of para-hydroxylation sites is 1. The molecular formula is C23H19N3O2. The largest absolute Gasteiger partial charge is 0.457 e. The number of hydrogen-bond acceptors (Lipinski definition) is 4. The minimum absolute atomic E-state index is 0.209. The van der Waals surface area contributed by atoms with Gasteiger partial charge in [-0.15, -0.1) is 0 Å². The van der Waals surface area contributed by atoms with Crippen LogP contribution in [0.15, 0.2) is 85.1 Å². The zero-order chi connectivity index (χ0) is 19.5. The van der Waals surface area contributed by atoms with E-state index in [2.05, 4.69) is 4.98 Å². The lowest BCUT2D eigenvalue weighted by Crippen LogP contribution is -2.26. The molecule has 1 aromatic heterocycles. The third-order valence-corrected chi connectivity index (χ3v) is 4.54. The number of aromatic nitrogens is 1. The van der Waals surface area contributed by atoms with Gasteiger partial charge < -0.3 is 15.4 Å². The van der Waals surface area contributed by atoms with Gasteiger partial charge in [0.15, 0.2) is 0 Å². The van der Waals surface area contributed by atoms with Crippen LogP contribution in [0.3, 0.4) is 0 Å². The Balaban J connectivity index is 1.63. The molecule has 4 aromatic rings. The molecule has 0 unspecified atom stereocenters. The van der Waals surface area contributed by atoms with E-state index in [0.29, 0.717) is 22.9 Å². The highest BCUT2D eigenvalue weighted by Gasteiger charge is 2.16. The van der Waals surface area contributed by atoms with Crippen molar-refractivity contribution in [3.63, 3.8) is 0 Å². The number of nitrogen functional groups attached to an aromatic ring is 1. The van der Waals surface area contributed by atoms with Crippen molar-refractivity contribution in [1.29, 1.82) is 0 Å². The summed E-state index contributed by atoms with van der Waals surface area (Å²) < 4.78 is 6.06. The Labute approximate surface area is 163 Å². The summed E-state index contributed by atoms with van der Waals surface area (Å²) in [5.41, 5.74) is 7.85. The highest BCUT2D eigenvalue weighted by atomic mass is 16.5. The number of nitrogens with two attached hydrogens (primary N) is 1. The van der Waals surface area contributed by atoms with Crippen LogP contribution in [0, 0.1) is 0 Å². The number of anilines is 2. The third-order valence-electron chi connectivity index (χ3n) is 4.54. The molecule has 0 spiro atoms. The molecule has 0 aliphatic heterocycles. The maximum Gasteiger partial charge on any atom is 0.276 e. The average Bonchev–Trinajstić information content (AvgIpc) is 2.76. The fourth-order valence-corrected chi connectivity index (χ4v) is 3.04. The Morgan fingerprint density at radius 1 is 0.929 bits per heavy atom. The zero-order valence-electron chi connectivity index (χ0n) is 15.4. The summed E-state index contributed by atoms with van der Waals surface area (Å²) >= 11 is 0. The lowest BCUT2D eigenvalue weighted by Gasteiger charge is -2.17. The van der Waals surface area contributed by atoms with E-state index >= 15 is 0 Å². The monoisotopic (exact) mass is 369 g/mol. The van der Waals surface area contributed by atoms with Crippen LogP contribution in [0.2, 0.25) is 0 Å². The minimum atomic E-state index is -0.209. The smallest absolute Gasteiger partial charge is 0.276 e. The molecule has 0 saturated carbocycles. The number of rotatable bonds is 4. The van der Waals surface area contributed by atoms with Gasteiger partial charge in [0, 0.05) is 41.5 Å². The molecule has 0 aliphatic carbocycles. The molecule has 28 heavy (non-hydrogen) atoms. The molecule has 0 aliphatic rings. The molecule has 0 fully saturated rings. The van der Waals surface area contributed by atoms with Gasteiger partial charge in [0.25, 0.3) is 5.91 Å². The second-order valence-electron chi connectivity index (χ2n) is 6.38. The number of carbonyl (C=O) groups is 1. The average molecular weight is 369 g/mol. The summed E-state index contributed by atoms with van der Waals surface area (Å²) in [6.45, 7) is 0. The normalized spacial score (nSPS) is 10.6. The van der Waals surface area contributed by atoms with E-state index in [1.807, 2.05) is 66.7 Å². The van der Waals surface area contributed by atoms with Crippen LogP contribution in [0.1, 0.15) is 10.5 Å². The molecule has 2 N–H and O–H groups in total. The highest BCUT2D eigenvalue weighted by Crippen LogP contribution is 2.33. The van der Waals surface area contributed by atoms with Gasteiger partial charge >= 0.3 is 0 Å². The fourth-order valence-electron chi connectivity index (χ4n) is 3.04. The first-order valence-corrected chi connectivity index (χ1v) is 8.88. The Hall–Kier alpha value is -3.86. The zero-order valence-corrected chi connectivity index (χ0v) is 15.4. The highest BCUT2D eigenvalue weighted by molar-refractivity contribution is 6.04. The molecular weight excluding hydrogens is 350 g/mol. The van der Waals surface area contributed by atoms with E-state index in [4.69, 9.17) is 10.5 Å². The van der Waals surface area contributed by atoms with Crippen LogP contribution in [-0.4, -0.2) is 17.9 Å². The molecule has 0 bridgehead atoms. The Morgan fingerprint density at radius 2 is 1.64 bits per heavy atom. The van der Waals surface area contributed by atoms with E-state index < -0.39 is 0 Å². The summed E-state index contributed by atoms with van der Waals surface area (Å²) in [6, 6.07) is 24.2. The van der Waals surface area contributed by atoms with Crippen LogP contribution in [0.5, 0.6) is 11.5 Å². The molecule has 1 heterocycles. The van der Waals surface area contributed by atoms with Crippen molar-refractivity contribution in [2.24, 2.45) is 0 Å². The second-order valence-corrected chi connectivity index (χ2v) is 6.38. The summed E-state index contributed by atoms with van der Waals surface area (Å²) in [4.78, 5) is 18.6. The number of amides is 1. The van der Waals surface area contributed by atoms with Crippen molar-refractivity contribution >= 4 is 28.1 Å². The number of fused-ring (bicyclic) bond motifs is 1. The van der Waals surface area contributed by atoms with Crippen molar-refractivity contribution in [2.45, 2.75) is 0 Å². The van der Waals surface area contributed by atoms with E-state index in [-0.39, 0.29) is 5.91 Å².